The van der Waals surface area contributed by atoms with Crippen LogP contribution in [0.2, 0.25) is 5.02 Å². The minimum Gasteiger partial charge on any atom is -0.496 e. The van der Waals surface area contributed by atoms with Crippen molar-refractivity contribution in [3.05, 3.63) is 87.3 Å². The number of carbonyl (C=O) groups is 2. The number of nitrogens with zero attached hydrogens (tertiary/aromatic N) is 4. The number of nitrogens with one attached hydrogen (secondary N) is 2. The maximum Gasteiger partial charge on any atom is 0.259 e. The number of piperidine rings is 3. The molecule has 2 aromatic carbocycles. The summed E-state index contributed by atoms with van der Waals surface area (Å²) in [6, 6.07) is 10.5. The summed E-state index contributed by atoms with van der Waals surface area (Å²) >= 11 is 6.94. The summed E-state index contributed by atoms with van der Waals surface area (Å²) in [5, 5.41) is 7.45. The second-order valence-corrected chi connectivity index (χ2v) is 14.9. The van der Waals surface area contributed by atoms with Gasteiger partial charge in [-0.2, -0.15) is 0 Å². The molecule has 0 spiro atoms. The molecule has 10 nitrogen and oxygen atoms in total. The number of aromatic nitrogens is 2. The van der Waals surface area contributed by atoms with E-state index in [0.29, 0.717) is 35.0 Å². The maximum absolute atomic E-state index is 15.2. The SMILES string of the molecule is COc1cc(-c2cn(C)c(=O)c3cnccc23)cc(Cl)c1CN1CCC(CCN2CCC(c3ccc(NC4CCC(=O)NC4=O)cc3F)CC2)CC1. The van der Waals surface area contributed by atoms with Gasteiger partial charge < -0.3 is 19.5 Å². The lowest BCUT2D eigenvalue weighted by atomic mass is 9.88. The molecule has 0 bridgehead atoms. The van der Waals surface area contributed by atoms with Crippen LogP contribution in [0.15, 0.2) is 59.8 Å². The van der Waals surface area contributed by atoms with Crippen LogP contribution in [-0.4, -0.2) is 77.0 Å². The molecule has 0 radical (unpaired) electrons. The van der Waals surface area contributed by atoms with Gasteiger partial charge in [-0.15, -0.1) is 0 Å². The third-order valence-corrected chi connectivity index (χ3v) is 11.6. The van der Waals surface area contributed by atoms with Gasteiger partial charge in [0.1, 0.15) is 17.6 Å². The number of pyridine rings is 2. The fourth-order valence-corrected chi connectivity index (χ4v) is 8.38. The summed E-state index contributed by atoms with van der Waals surface area (Å²) in [7, 11) is 3.42. The van der Waals surface area contributed by atoms with Crippen molar-refractivity contribution in [2.24, 2.45) is 13.0 Å². The third-order valence-electron chi connectivity index (χ3n) is 11.2. The highest BCUT2D eigenvalue weighted by Crippen LogP contribution is 2.37. The second kappa shape index (κ2) is 15.7. The monoisotopic (exact) mass is 728 g/mol. The van der Waals surface area contributed by atoms with Crippen molar-refractivity contribution in [2.75, 3.05) is 45.2 Å². The normalized spacial score (nSPS) is 19.6. The number of benzene rings is 2. The zero-order valence-corrected chi connectivity index (χ0v) is 30.6. The van der Waals surface area contributed by atoms with E-state index in [0.717, 1.165) is 98.2 Å². The van der Waals surface area contributed by atoms with Gasteiger partial charge in [0.15, 0.2) is 0 Å². The fourth-order valence-electron chi connectivity index (χ4n) is 8.11. The molecule has 274 valence electrons. The van der Waals surface area contributed by atoms with Crippen molar-refractivity contribution in [2.45, 2.75) is 63.5 Å². The maximum atomic E-state index is 15.2. The highest BCUT2D eigenvalue weighted by molar-refractivity contribution is 6.32. The van der Waals surface area contributed by atoms with Crippen LogP contribution < -0.4 is 20.9 Å². The van der Waals surface area contributed by atoms with Crippen LogP contribution in [-0.2, 0) is 23.2 Å². The Balaban J connectivity index is 0.883. The van der Waals surface area contributed by atoms with Gasteiger partial charge in [0.25, 0.3) is 5.56 Å². The Morgan fingerprint density at radius 1 is 0.981 bits per heavy atom. The topological polar surface area (TPSA) is 109 Å². The van der Waals surface area contributed by atoms with Crippen molar-refractivity contribution in [3.63, 3.8) is 0 Å². The standard InChI is InChI=1S/C40H46ClFN6O4/c1-46-23-32(30-7-13-43-22-31(30)40(46)51)27-19-34(41)33(37(20-27)52-2)24-48-15-9-25(10-16-48)8-14-47-17-11-26(12-18-47)29-4-3-28(21-35(29)42)44-36-5-6-38(49)45-39(36)50/h3-4,7,13,19-23,25-26,36,44H,5-6,8-12,14-18,24H2,1-2H3,(H,45,49,50). The van der Waals surface area contributed by atoms with Crippen molar-refractivity contribution in [3.8, 4) is 16.9 Å². The number of halogens is 2. The molecule has 3 aliphatic heterocycles. The Morgan fingerprint density at radius 2 is 1.75 bits per heavy atom. The van der Waals surface area contributed by atoms with E-state index >= 15 is 4.39 Å². The van der Waals surface area contributed by atoms with Crippen LogP contribution in [0.3, 0.4) is 0 Å². The van der Waals surface area contributed by atoms with E-state index < -0.39 is 6.04 Å². The number of amides is 2. The molecule has 2 amide bonds. The summed E-state index contributed by atoms with van der Waals surface area (Å²) in [5.41, 5.74) is 3.98. The summed E-state index contributed by atoms with van der Waals surface area (Å²) in [6.07, 6.45) is 11.1. The number of methoxy groups -OCH3 is 1. The Hall–Kier alpha value is -4.32. The summed E-state index contributed by atoms with van der Waals surface area (Å²) < 4.78 is 22.6. The van der Waals surface area contributed by atoms with Crippen molar-refractivity contribution in [1.82, 2.24) is 24.7 Å². The van der Waals surface area contributed by atoms with Gasteiger partial charge in [0, 0.05) is 60.4 Å². The van der Waals surface area contributed by atoms with Crippen LogP contribution in [0.5, 0.6) is 5.75 Å². The number of anilines is 1. The lowest BCUT2D eigenvalue weighted by molar-refractivity contribution is -0.133. The number of carbonyl (C=O) groups excluding carboxylic acids is 2. The number of hydrogen-bond donors (Lipinski definition) is 2. The molecule has 1 unspecified atom stereocenters. The van der Waals surface area contributed by atoms with E-state index in [2.05, 4.69) is 25.4 Å². The number of fused-ring (bicyclic) bond motifs is 1. The second-order valence-electron chi connectivity index (χ2n) is 14.5. The number of likely N-dealkylation sites (tertiary alicyclic amines) is 2. The van der Waals surface area contributed by atoms with E-state index in [1.54, 1.807) is 31.1 Å². The predicted molar refractivity (Wildman–Crippen MR) is 201 cm³/mol. The van der Waals surface area contributed by atoms with Crippen molar-refractivity contribution in [1.29, 1.82) is 0 Å². The van der Waals surface area contributed by atoms with Gasteiger partial charge >= 0.3 is 0 Å². The number of hydrogen-bond acceptors (Lipinski definition) is 8. The van der Waals surface area contributed by atoms with E-state index in [9.17, 15) is 14.4 Å². The van der Waals surface area contributed by atoms with Crippen molar-refractivity contribution < 1.29 is 18.7 Å². The van der Waals surface area contributed by atoms with Crippen LogP contribution in [0.1, 0.15) is 62.0 Å². The average Bonchev–Trinajstić information content (AvgIpc) is 3.15. The van der Waals surface area contributed by atoms with Gasteiger partial charge in [0.2, 0.25) is 11.8 Å². The minimum absolute atomic E-state index is 0.0894. The molecule has 52 heavy (non-hydrogen) atoms. The quantitative estimate of drug-likeness (QED) is 0.189. The lowest BCUT2D eigenvalue weighted by Crippen LogP contribution is -2.47. The van der Waals surface area contributed by atoms with Crippen LogP contribution in [0.4, 0.5) is 10.1 Å². The van der Waals surface area contributed by atoms with Gasteiger partial charge in [-0.25, -0.2) is 4.39 Å². The molecule has 3 saturated heterocycles. The zero-order chi connectivity index (χ0) is 36.4. The molecule has 2 aromatic heterocycles. The molecule has 3 fully saturated rings. The smallest absolute Gasteiger partial charge is 0.259 e. The molecule has 5 heterocycles. The molecule has 4 aromatic rings. The molecule has 0 aliphatic carbocycles. The number of imide groups is 1. The van der Waals surface area contributed by atoms with Gasteiger partial charge in [-0.3, -0.25) is 29.6 Å². The molecular weight excluding hydrogens is 683 g/mol. The van der Waals surface area contributed by atoms with E-state index in [1.807, 2.05) is 36.5 Å². The first-order chi connectivity index (χ1) is 25.2. The van der Waals surface area contributed by atoms with E-state index in [-0.39, 0.29) is 35.5 Å². The lowest BCUT2D eigenvalue weighted by Gasteiger charge is -2.36. The number of aryl methyl sites for hydroxylation is 1. The fraction of sp³-hybridized carbons (Fsp3) is 0.450. The van der Waals surface area contributed by atoms with E-state index in [4.69, 9.17) is 16.3 Å². The molecule has 3 aliphatic rings. The Kier molecular flexibility index (Phi) is 10.9. The molecular formula is C40H46ClFN6O4. The molecule has 12 heteroatoms. The molecule has 2 N–H and O–H groups in total. The Morgan fingerprint density at radius 3 is 2.48 bits per heavy atom. The van der Waals surface area contributed by atoms with Crippen molar-refractivity contribution >= 4 is 39.9 Å². The molecule has 0 saturated carbocycles. The highest BCUT2D eigenvalue weighted by Gasteiger charge is 2.28. The summed E-state index contributed by atoms with van der Waals surface area (Å²) in [5.74, 6) is 0.718. The first-order valence-corrected chi connectivity index (χ1v) is 18.7. The predicted octanol–water partition coefficient (Wildman–Crippen LogP) is 6.10. The first-order valence-electron chi connectivity index (χ1n) is 18.3. The molecule has 7 rings (SSSR count). The first kappa shape index (κ1) is 36.1. The highest BCUT2D eigenvalue weighted by atomic mass is 35.5. The van der Waals surface area contributed by atoms with Crippen LogP contribution >= 0.6 is 11.6 Å². The van der Waals surface area contributed by atoms with Crippen LogP contribution in [0.25, 0.3) is 21.9 Å². The van der Waals surface area contributed by atoms with E-state index in [1.165, 1.54) is 6.07 Å². The molecule has 1 atom stereocenters. The van der Waals surface area contributed by atoms with Gasteiger partial charge in [-0.1, -0.05) is 17.7 Å². The number of rotatable bonds is 10. The summed E-state index contributed by atoms with van der Waals surface area (Å²) in [4.78, 5) is 45.3. The minimum atomic E-state index is -0.529. The van der Waals surface area contributed by atoms with Crippen LogP contribution in [0, 0.1) is 11.7 Å². The number of ether oxygens (including phenoxy) is 1. The average molecular weight is 729 g/mol. The zero-order valence-electron chi connectivity index (χ0n) is 29.8. The summed E-state index contributed by atoms with van der Waals surface area (Å²) in [6.45, 7) is 5.69. The third kappa shape index (κ3) is 7.86. The largest absolute Gasteiger partial charge is 0.496 e. The van der Waals surface area contributed by atoms with Gasteiger partial charge in [-0.05, 0) is 130 Å². The Bertz CT molecular complexity index is 2020. The Labute approximate surface area is 308 Å². The van der Waals surface area contributed by atoms with Gasteiger partial charge in [0.05, 0.1) is 12.5 Å².